The van der Waals surface area contributed by atoms with Crippen molar-refractivity contribution < 1.29 is 23.5 Å². The maximum atomic E-state index is 13.1. The molecule has 1 atom stereocenters. The average molecular weight is 428 g/mol. The summed E-state index contributed by atoms with van der Waals surface area (Å²) in [5.41, 5.74) is 6.60. The molecule has 2 heterocycles. The third-order valence-electron chi connectivity index (χ3n) is 4.51. The molecule has 8 heteroatoms. The molecular formula is C22H21FN2O4S. The smallest absolute Gasteiger partial charge is 0.313 e. The number of nitrogens with zero attached hydrogens (tertiary/aromatic N) is 1. The zero-order chi connectivity index (χ0) is 21.7. The number of pyridine rings is 1. The molecule has 1 unspecified atom stereocenters. The van der Waals surface area contributed by atoms with Crippen LogP contribution in [0.4, 0.5) is 4.39 Å². The summed E-state index contributed by atoms with van der Waals surface area (Å²) in [6, 6.07) is 12.5. The lowest BCUT2D eigenvalue weighted by Crippen LogP contribution is -2.41. The Morgan fingerprint density at radius 2 is 1.93 bits per heavy atom. The van der Waals surface area contributed by atoms with Gasteiger partial charge >= 0.3 is 5.97 Å². The number of rotatable bonds is 8. The van der Waals surface area contributed by atoms with E-state index in [0.29, 0.717) is 11.4 Å². The van der Waals surface area contributed by atoms with Crippen molar-refractivity contribution in [2.75, 3.05) is 7.11 Å². The standard InChI is InChI=1S/C22H21FN2O4S/c1-14-10-15(13-30-14)22(24,12-17(26)11-21(27)28-2)19-4-3-5-20(25-19)29-18-8-6-16(23)7-9-18/h3-10,13H,11-12,24H2,1-2H3. The minimum atomic E-state index is -1.25. The quantitative estimate of drug-likeness (QED) is 0.429. The Kier molecular flexibility index (Phi) is 6.59. The Bertz CT molecular complexity index is 1050. The van der Waals surface area contributed by atoms with E-state index in [1.165, 1.54) is 42.7 Å². The molecule has 2 aromatic heterocycles. The topological polar surface area (TPSA) is 91.5 Å². The van der Waals surface area contributed by atoms with E-state index in [1.54, 1.807) is 18.2 Å². The van der Waals surface area contributed by atoms with Crippen LogP contribution in [0.5, 0.6) is 11.6 Å². The van der Waals surface area contributed by atoms with Gasteiger partial charge in [0.15, 0.2) is 0 Å². The first-order chi connectivity index (χ1) is 14.3. The summed E-state index contributed by atoms with van der Waals surface area (Å²) in [4.78, 5) is 29.6. The number of benzene rings is 1. The summed E-state index contributed by atoms with van der Waals surface area (Å²) in [7, 11) is 1.23. The number of aryl methyl sites for hydroxylation is 1. The number of ether oxygens (including phenoxy) is 2. The maximum Gasteiger partial charge on any atom is 0.313 e. The van der Waals surface area contributed by atoms with E-state index in [0.717, 1.165) is 10.4 Å². The van der Waals surface area contributed by atoms with Crippen molar-refractivity contribution in [3.8, 4) is 11.6 Å². The van der Waals surface area contributed by atoms with Gasteiger partial charge in [-0.05, 0) is 54.3 Å². The zero-order valence-corrected chi connectivity index (χ0v) is 17.4. The zero-order valence-electron chi connectivity index (χ0n) is 16.6. The molecule has 3 rings (SSSR count). The number of methoxy groups -OCH3 is 1. The highest BCUT2D eigenvalue weighted by Crippen LogP contribution is 2.34. The van der Waals surface area contributed by atoms with Crippen molar-refractivity contribution in [3.05, 3.63) is 75.9 Å². The van der Waals surface area contributed by atoms with E-state index >= 15 is 0 Å². The summed E-state index contributed by atoms with van der Waals surface area (Å²) in [6.07, 6.45) is -0.504. The normalized spacial score (nSPS) is 12.8. The SMILES string of the molecule is COC(=O)CC(=O)CC(N)(c1csc(C)c1)c1cccc(Oc2ccc(F)cc2)n1. The summed E-state index contributed by atoms with van der Waals surface area (Å²) in [5.74, 6) is -0.690. The van der Waals surface area contributed by atoms with Gasteiger partial charge in [0.1, 0.15) is 23.8 Å². The van der Waals surface area contributed by atoms with Crippen LogP contribution in [0.1, 0.15) is 29.0 Å². The number of hydrogen-bond acceptors (Lipinski definition) is 7. The van der Waals surface area contributed by atoms with Crippen molar-refractivity contribution in [1.82, 2.24) is 4.98 Å². The van der Waals surface area contributed by atoms with Gasteiger partial charge in [0.2, 0.25) is 5.88 Å². The predicted molar refractivity (Wildman–Crippen MR) is 111 cm³/mol. The number of halogens is 1. The Hall–Kier alpha value is -3.10. The van der Waals surface area contributed by atoms with Crippen LogP contribution < -0.4 is 10.5 Å². The van der Waals surface area contributed by atoms with Crippen LogP contribution >= 0.6 is 11.3 Å². The molecule has 30 heavy (non-hydrogen) atoms. The molecule has 0 amide bonds. The maximum absolute atomic E-state index is 13.1. The van der Waals surface area contributed by atoms with Gasteiger partial charge in [-0.15, -0.1) is 11.3 Å². The van der Waals surface area contributed by atoms with Gasteiger partial charge in [0.25, 0.3) is 0 Å². The molecular weight excluding hydrogens is 407 g/mol. The first-order valence-electron chi connectivity index (χ1n) is 9.14. The Morgan fingerprint density at radius 1 is 1.20 bits per heavy atom. The number of ketones is 1. The lowest BCUT2D eigenvalue weighted by molar-refractivity contribution is -0.143. The van der Waals surface area contributed by atoms with Gasteiger partial charge in [-0.3, -0.25) is 9.59 Å². The Balaban J connectivity index is 1.94. The third-order valence-corrected chi connectivity index (χ3v) is 5.37. The first-order valence-corrected chi connectivity index (χ1v) is 10.0. The number of aromatic nitrogens is 1. The second-order valence-corrected chi connectivity index (χ2v) is 7.92. The van der Waals surface area contributed by atoms with E-state index in [1.807, 2.05) is 18.4 Å². The van der Waals surface area contributed by atoms with Crippen LogP contribution in [0.2, 0.25) is 0 Å². The van der Waals surface area contributed by atoms with Crippen molar-refractivity contribution in [2.24, 2.45) is 5.73 Å². The van der Waals surface area contributed by atoms with Gasteiger partial charge in [0.05, 0.1) is 18.3 Å². The van der Waals surface area contributed by atoms with E-state index in [4.69, 9.17) is 10.5 Å². The largest absolute Gasteiger partial charge is 0.469 e. The van der Waals surface area contributed by atoms with Crippen LogP contribution in [0.15, 0.2) is 53.9 Å². The lowest BCUT2D eigenvalue weighted by Gasteiger charge is -2.28. The number of Topliss-reactive ketones (excluding diaryl/α,β-unsaturated/α-hetero) is 1. The highest BCUT2D eigenvalue weighted by Gasteiger charge is 2.35. The van der Waals surface area contributed by atoms with Crippen LogP contribution in [0, 0.1) is 12.7 Å². The number of carbonyl (C=O) groups excluding carboxylic acids is 2. The number of esters is 1. The summed E-state index contributed by atoms with van der Waals surface area (Å²) in [5, 5.41) is 1.87. The van der Waals surface area contributed by atoms with Crippen LogP contribution in [-0.2, 0) is 19.9 Å². The highest BCUT2D eigenvalue weighted by atomic mass is 32.1. The van der Waals surface area contributed by atoms with Crippen LogP contribution in [0.3, 0.4) is 0 Å². The fourth-order valence-electron chi connectivity index (χ4n) is 2.97. The molecule has 0 aliphatic heterocycles. The molecule has 1 aromatic carbocycles. The fraction of sp³-hybridized carbons (Fsp3) is 0.227. The molecule has 0 fully saturated rings. The average Bonchev–Trinajstić information content (AvgIpc) is 3.16. The lowest BCUT2D eigenvalue weighted by atomic mass is 9.83. The van der Waals surface area contributed by atoms with E-state index in [2.05, 4.69) is 9.72 Å². The molecule has 0 radical (unpaired) electrons. The molecule has 0 spiro atoms. The predicted octanol–water partition coefficient (Wildman–Crippen LogP) is 4.11. The molecule has 0 aliphatic carbocycles. The van der Waals surface area contributed by atoms with E-state index in [9.17, 15) is 14.0 Å². The van der Waals surface area contributed by atoms with Crippen LogP contribution in [0.25, 0.3) is 0 Å². The summed E-state index contributed by atoms with van der Waals surface area (Å²) < 4.78 is 23.4. The molecule has 6 nitrogen and oxygen atoms in total. The molecule has 0 aliphatic rings. The first kappa shape index (κ1) is 21.6. The molecule has 0 bridgehead atoms. The third kappa shape index (κ3) is 5.08. The summed E-state index contributed by atoms with van der Waals surface area (Å²) in [6.45, 7) is 1.94. The highest BCUT2D eigenvalue weighted by molar-refractivity contribution is 7.10. The second kappa shape index (κ2) is 9.15. The molecule has 3 aromatic rings. The van der Waals surface area contributed by atoms with Gasteiger partial charge in [-0.2, -0.15) is 0 Å². The van der Waals surface area contributed by atoms with Crippen molar-refractivity contribution >= 4 is 23.1 Å². The minimum Gasteiger partial charge on any atom is -0.469 e. The van der Waals surface area contributed by atoms with E-state index in [-0.39, 0.29) is 30.3 Å². The monoisotopic (exact) mass is 428 g/mol. The summed E-state index contributed by atoms with van der Waals surface area (Å²) >= 11 is 1.50. The number of thiophene rings is 1. The minimum absolute atomic E-state index is 0.134. The molecule has 0 saturated heterocycles. The van der Waals surface area contributed by atoms with Gasteiger partial charge < -0.3 is 15.2 Å². The second-order valence-electron chi connectivity index (χ2n) is 6.80. The Labute approximate surface area is 177 Å². The van der Waals surface area contributed by atoms with E-state index < -0.39 is 11.5 Å². The fourth-order valence-corrected chi connectivity index (χ4v) is 3.75. The molecule has 0 saturated carbocycles. The van der Waals surface area contributed by atoms with Crippen LogP contribution in [-0.4, -0.2) is 23.8 Å². The van der Waals surface area contributed by atoms with Gasteiger partial charge in [-0.1, -0.05) is 6.07 Å². The molecule has 156 valence electrons. The van der Waals surface area contributed by atoms with Crippen molar-refractivity contribution in [2.45, 2.75) is 25.3 Å². The number of nitrogens with two attached hydrogens (primary N) is 1. The molecule has 2 N–H and O–H groups in total. The number of hydrogen-bond donors (Lipinski definition) is 1. The van der Waals surface area contributed by atoms with Crippen molar-refractivity contribution in [3.63, 3.8) is 0 Å². The number of carbonyl (C=O) groups is 2. The Morgan fingerprint density at radius 3 is 2.57 bits per heavy atom. The van der Waals surface area contributed by atoms with Gasteiger partial charge in [0, 0.05) is 17.4 Å². The van der Waals surface area contributed by atoms with Gasteiger partial charge in [-0.25, -0.2) is 9.37 Å². The van der Waals surface area contributed by atoms with Crippen molar-refractivity contribution in [1.29, 1.82) is 0 Å².